The van der Waals surface area contributed by atoms with Crippen LogP contribution in [0.1, 0.15) is 11.6 Å². The average molecular weight is 249 g/mol. The zero-order chi connectivity index (χ0) is 13.0. The van der Waals surface area contributed by atoms with E-state index in [1.165, 1.54) is 0 Å². The Hall–Kier alpha value is -2.28. The number of hydrogen-bond acceptors (Lipinski definition) is 6. The molecule has 2 heterocycles. The highest BCUT2D eigenvalue weighted by molar-refractivity contribution is 5.67. The van der Waals surface area contributed by atoms with Crippen LogP contribution >= 0.6 is 0 Å². The summed E-state index contributed by atoms with van der Waals surface area (Å²) in [6.45, 7) is 1.42. The lowest BCUT2D eigenvalue weighted by Gasteiger charge is -1.95. The minimum atomic E-state index is -1.05. The summed E-state index contributed by atoms with van der Waals surface area (Å²) in [6.07, 6.45) is 0. The molecule has 0 amide bonds. The van der Waals surface area contributed by atoms with Crippen molar-refractivity contribution >= 4 is 5.97 Å². The number of carboxylic acid groups (broad SMARTS) is 1. The summed E-state index contributed by atoms with van der Waals surface area (Å²) in [7, 11) is 0. The molecular formula is C11H11N3O4. The number of aryl methyl sites for hydroxylation is 1. The molecule has 0 unspecified atom stereocenters. The fraction of sp³-hybridized carbons (Fsp3) is 0.273. The van der Waals surface area contributed by atoms with E-state index in [1.54, 1.807) is 6.07 Å². The third kappa shape index (κ3) is 3.11. The Labute approximate surface area is 102 Å². The number of rotatable bonds is 5. The predicted molar refractivity (Wildman–Crippen MR) is 59.6 cm³/mol. The molecule has 0 saturated heterocycles. The quantitative estimate of drug-likeness (QED) is 0.845. The molecule has 0 aliphatic heterocycles. The Morgan fingerprint density at radius 2 is 2.28 bits per heavy atom. The predicted octanol–water partition coefficient (Wildman–Crippen LogP) is 1.04. The molecule has 0 aromatic carbocycles. The lowest BCUT2D eigenvalue weighted by Crippen LogP contribution is -2.06. The molecule has 0 radical (unpaired) electrons. The summed E-state index contributed by atoms with van der Waals surface area (Å²) < 4.78 is 9.76. The van der Waals surface area contributed by atoms with Gasteiger partial charge in [0.15, 0.2) is 0 Å². The van der Waals surface area contributed by atoms with Crippen LogP contribution in [-0.2, 0) is 16.1 Å². The summed E-state index contributed by atoms with van der Waals surface area (Å²) in [4.78, 5) is 18.6. The molecular weight excluding hydrogens is 238 g/mol. The van der Waals surface area contributed by atoms with E-state index in [2.05, 4.69) is 15.1 Å². The van der Waals surface area contributed by atoms with Crippen LogP contribution in [-0.4, -0.2) is 32.8 Å². The fourth-order valence-electron chi connectivity index (χ4n) is 1.31. The third-order valence-electron chi connectivity index (χ3n) is 2.04. The van der Waals surface area contributed by atoms with Crippen molar-refractivity contribution in [2.45, 2.75) is 13.5 Å². The van der Waals surface area contributed by atoms with Gasteiger partial charge in [0.05, 0.1) is 0 Å². The molecule has 0 spiro atoms. The van der Waals surface area contributed by atoms with Crippen LogP contribution in [0.4, 0.5) is 0 Å². The zero-order valence-electron chi connectivity index (χ0n) is 9.66. The summed E-state index contributed by atoms with van der Waals surface area (Å²) >= 11 is 0. The molecule has 7 heteroatoms. The first-order valence-electron chi connectivity index (χ1n) is 5.21. The Balaban J connectivity index is 2.04. The van der Waals surface area contributed by atoms with Crippen molar-refractivity contribution in [2.75, 3.05) is 6.61 Å². The van der Waals surface area contributed by atoms with Crippen molar-refractivity contribution in [1.29, 1.82) is 0 Å². The van der Waals surface area contributed by atoms with E-state index in [0.717, 1.165) is 5.69 Å². The first-order valence-corrected chi connectivity index (χ1v) is 5.21. The van der Waals surface area contributed by atoms with Gasteiger partial charge in [-0.15, -0.1) is 0 Å². The smallest absolute Gasteiger partial charge is 0.329 e. The third-order valence-corrected chi connectivity index (χ3v) is 2.04. The van der Waals surface area contributed by atoms with E-state index in [1.807, 2.05) is 19.1 Å². The monoisotopic (exact) mass is 249 g/mol. The lowest BCUT2D eigenvalue weighted by molar-refractivity contribution is -0.142. The van der Waals surface area contributed by atoms with E-state index in [9.17, 15) is 4.79 Å². The van der Waals surface area contributed by atoms with E-state index >= 15 is 0 Å². The summed E-state index contributed by atoms with van der Waals surface area (Å²) in [5.41, 5.74) is 1.45. The van der Waals surface area contributed by atoms with Crippen LogP contribution in [0.5, 0.6) is 0 Å². The van der Waals surface area contributed by atoms with Crippen molar-refractivity contribution < 1.29 is 19.2 Å². The highest BCUT2D eigenvalue weighted by atomic mass is 16.5. The summed E-state index contributed by atoms with van der Waals surface area (Å²) in [5.74, 6) is -0.475. The number of ether oxygens (including phenoxy) is 1. The standard InChI is InChI=1S/C11H11N3O4/c1-7-3-2-4-8(12-7)11-13-9(18-14-11)5-17-6-10(15)16/h2-4H,5-6H2,1H3,(H,15,16). The van der Waals surface area contributed by atoms with Crippen molar-refractivity contribution in [1.82, 2.24) is 15.1 Å². The zero-order valence-corrected chi connectivity index (χ0v) is 9.66. The molecule has 7 nitrogen and oxygen atoms in total. The van der Waals surface area contributed by atoms with Crippen molar-refractivity contribution in [2.24, 2.45) is 0 Å². The number of pyridine rings is 1. The van der Waals surface area contributed by atoms with Crippen LogP contribution < -0.4 is 0 Å². The molecule has 2 aromatic heterocycles. The van der Waals surface area contributed by atoms with Crippen LogP contribution in [0.3, 0.4) is 0 Å². The molecule has 0 atom stereocenters. The largest absolute Gasteiger partial charge is 0.480 e. The van der Waals surface area contributed by atoms with Gasteiger partial charge in [-0.1, -0.05) is 11.2 Å². The number of aromatic nitrogens is 3. The molecule has 0 fully saturated rings. The van der Waals surface area contributed by atoms with Gasteiger partial charge in [-0.3, -0.25) is 0 Å². The second-order valence-corrected chi connectivity index (χ2v) is 3.56. The molecule has 0 bridgehead atoms. The molecule has 0 saturated carbocycles. The van der Waals surface area contributed by atoms with Crippen LogP contribution in [0.15, 0.2) is 22.7 Å². The van der Waals surface area contributed by atoms with E-state index in [0.29, 0.717) is 11.5 Å². The van der Waals surface area contributed by atoms with E-state index in [-0.39, 0.29) is 12.5 Å². The molecule has 0 aliphatic rings. The SMILES string of the molecule is Cc1cccc(-c2noc(COCC(=O)O)n2)n1. The Kier molecular flexibility index (Phi) is 3.63. The normalized spacial score (nSPS) is 10.5. The fourth-order valence-corrected chi connectivity index (χ4v) is 1.31. The average Bonchev–Trinajstić information content (AvgIpc) is 2.77. The topological polar surface area (TPSA) is 98.3 Å². The van der Waals surface area contributed by atoms with Gasteiger partial charge < -0.3 is 14.4 Å². The van der Waals surface area contributed by atoms with Gasteiger partial charge in [0.2, 0.25) is 5.82 Å². The van der Waals surface area contributed by atoms with Gasteiger partial charge >= 0.3 is 5.97 Å². The van der Waals surface area contributed by atoms with Crippen molar-refractivity contribution in [3.63, 3.8) is 0 Å². The van der Waals surface area contributed by atoms with Crippen molar-refractivity contribution in [3.8, 4) is 11.5 Å². The maximum Gasteiger partial charge on any atom is 0.329 e. The van der Waals surface area contributed by atoms with Crippen LogP contribution in [0.2, 0.25) is 0 Å². The highest BCUT2D eigenvalue weighted by Crippen LogP contribution is 2.13. The Morgan fingerprint density at radius 1 is 1.44 bits per heavy atom. The van der Waals surface area contributed by atoms with E-state index < -0.39 is 12.6 Å². The maximum absolute atomic E-state index is 10.3. The maximum atomic E-state index is 10.3. The molecule has 18 heavy (non-hydrogen) atoms. The number of nitrogens with zero attached hydrogens (tertiary/aromatic N) is 3. The number of carboxylic acids is 1. The second-order valence-electron chi connectivity index (χ2n) is 3.56. The number of carbonyl (C=O) groups is 1. The molecule has 2 aromatic rings. The van der Waals surface area contributed by atoms with Gasteiger partial charge in [0.1, 0.15) is 18.9 Å². The molecule has 1 N–H and O–H groups in total. The molecule has 94 valence electrons. The molecule has 2 rings (SSSR count). The van der Waals surface area contributed by atoms with Gasteiger partial charge in [-0.05, 0) is 19.1 Å². The second kappa shape index (κ2) is 5.37. The first kappa shape index (κ1) is 12.2. The van der Waals surface area contributed by atoms with Crippen LogP contribution in [0, 0.1) is 6.92 Å². The Morgan fingerprint density at radius 3 is 3.00 bits per heavy atom. The summed E-state index contributed by atoms with van der Waals surface area (Å²) in [5, 5.41) is 12.2. The van der Waals surface area contributed by atoms with Gasteiger partial charge in [-0.25, -0.2) is 9.78 Å². The van der Waals surface area contributed by atoms with Crippen molar-refractivity contribution in [3.05, 3.63) is 29.8 Å². The van der Waals surface area contributed by atoms with Gasteiger partial charge in [0, 0.05) is 5.69 Å². The minimum absolute atomic E-state index is 0.0366. The van der Waals surface area contributed by atoms with Gasteiger partial charge in [0.25, 0.3) is 5.89 Å². The number of aliphatic carboxylic acids is 1. The minimum Gasteiger partial charge on any atom is -0.480 e. The molecule has 0 aliphatic carbocycles. The summed E-state index contributed by atoms with van der Waals surface area (Å²) in [6, 6.07) is 5.47. The Bertz CT molecular complexity index is 553. The van der Waals surface area contributed by atoms with Crippen LogP contribution in [0.25, 0.3) is 11.5 Å². The first-order chi connectivity index (χ1) is 8.65. The number of hydrogen-bond donors (Lipinski definition) is 1. The highest BCUT2D eigenvalue weighted by Gasteiger charge is 2.10. The lowest BCUT2D eigenvalue weighted by atomic mass is 10.3. The van der Waals surface area contributed by atoms with Gasteiger partial charge in [-0.2, -0.15) is 4.98 Å². The van der Waals surface area contributed by atoms with E-state index in [4.69, 9.17) is 14.4 Å².